The maximum atomic E-state index is 6.00. The molecular weight excluding hydrogens is 244 g/mol. The zero-order chi connectivity index (χ0) is 12.5. The third-order valence-corrected chi connectivity index (χ3v) is 3.48. The Kier molecular flexibility index (Phi) is 3.06. The van der Waals surface area contributed by atoms with Crippen LogP contribution in [0.25, 0.3) is 0 Å². The predicted octanol–water partition coefficient (Wildman–Crippen LogP) is 3.56. The summed E-state index contributed by atoms with van der Waals surface area (Å²) in [5, 5.41) is 0.585. The number of hydrogen-bond acceptors (Lipinski definition) is 2. The number of hydrogen-bond donors (Lipinski definition) is 0. The van der Waals surface area contributed by atoms with Crippen LogP contribution >= 0.6 is 11.6 Å². The standard InChI is InChI=1S/C15H15ClN2/c1-11-6-14(17-15(16)7-11)10-18-8-12-4-2-3-5-13(12)9-18/h2-7H,8-10H2,1H3. The number of nitrogens with zero attached hydrogens (tertiary/aromatic N) is 2. The molecule has 0 N–H and O–H groups in total. The van der Waals surface area contributed by atoms with E-state index in [0.29, 0.717) is 5.15 Å². The van der Waals surface area contributed by atoms with Gasteiger partial charge in [-0.05, 0) is 35.7 Å². The molecule has 18 heavy (non-hydrogen) atoms. The first-order valence-corrected chi connectivity index (χ1v) is 6.51. The number of pyridine rings is 1. The molecular formula is C15H15ClN2. The van der Waals surface area contributed by atoms with Crippen LogP contribution in [0.15, 0.2) is 36.4 Å². The van der Waals surface area contributed by atoms with E-state index in [0.717, 1.165) is 25.3 Å². The Bertz CT molecular complexity index is 535. The highest BCUT2D eigenvalue weighted by Gasteiger charge is 2.18. The SMILES string of the molecule is Cc1cc(Cl)nc(CN2Cc3ccccc3C2)c1. The minimum Gasteiger partial charge on any atom is -0.289 e. The van der Waals surface area contributed by atoms with Crippen molar-refractivity contribution in [2.75, 3.05) is 0 Å². The molecule has 1 aliphatic rings. The van der Waals surface area contributed by atoms with Crippen molar-refractivity contribution in [2.45, 2.75) is 26.6 Å². The summed E-state index contributed by atoms with van der Waals surface area (Å²) >= 11 is 6.00. The van der Waals surface area contributed by atoms with Gasteiger partial charge in [0.15, 0.2) is 0 Å². The fourth-order valence-corrected chi connectivity index (χ4v) is 2.80. The molecule has 0 unspecified atom stereocenters. The second-order valence-corrected chi connectivity index (χ2v) is 5.26. The van der Waals surface area contributed by atoms with E-state index in [2.05, 4.69) is 47.1 Å². The van der Waals surface area contributed by atoms with Crippen LogP contribution in [0.1, 0.15) is 22.4 Å². The zero-order valence-electron chi connectivity index (χ0n) is 10.4. The molecule has 0 saturated carbocycles. The fraction of sp³-hybridized carbons (Fsp3) is 0.267. The first-order chi connectivity index (χ1) is 8.70. The number of fused-ring (bicyclic) bond motifs is 1. The predicted molar refractivity (Wildman–Crippen MR) is 73.4 cm³/mol. The van der Waals surface area contributed by atoms with Crippen molar-refractivity contribution in [2.24, 2.45) is 0 Å². The maximum absolute atomic E-state index is 6.00. The third kappa shape index (κ3) is 2.40. The van der Waals surface area contributed by atoms with Gasteiger partial charge in [-0.1, -0.05) is 35.9 Å². The Labute approximate surface area is 112 Å². The van der Waals surface area contributed by atoms with Gasteiger partial charge in [-0.15, -0.1) is 0 Å². The first-order valence-electron chi connectivity index (χ1n) is 6.13. The van der Waals surface area contributed by atoms with E-state index >= 15 is 0 Å². The Morgan fingerprint density at radius 1 is 1.17 bits per heavy atom. The van der Waals surface area contributed by atoms with E-state index in [1.165, 1.54) is 16.7 Å². The summed E-state index contributed by atoms with van der Waals surface area (Å²) in [4.78, 5) is 6.78. The summed E-state index contributed by atoms with van der Waals surface area (Å²) in [5.74, 6) is 0. The van der Waals surface area contributed by atoms with Gasteiger partial charge in [-0.2, -0.15) is 0 Å². The average molecular weight is 259 g/mol. The topological polar surface area (TPSA) is 16.1 Å². The average Bonchev–Trinajstić information content (AvgIpc) is 2.69. The molecule has 0 bridgehead atoms. The van der Waals surface area contributed by atoms with Crippen LogP contribution in [0, 0.1) is 6.92 Å². The molecule has 2 aromatic rings. The lowest BCUT2D eigenvalue weighted by Crippen LogP contribution is -2.16. The summed E-state index contributed by atoms with van der Waals surface area (Å²) in [6.07, 6.45) is 0. The van der Waals surface area contributed by atoms with Crippen LogP contribution in [-0.4, -0.2) is 9.88 Å². The third-order valence-electron chi connectivity index (χ3n) is 3.28. The summed E-state index contributed by atoms with van der Waals surface area (Å²) < 4.78 is 0. The van der Waals surface area contributed by atoms with E-state index in [9.17, 15) is 0 Å². The van der Waals surface area contributed by atoms with E-state index in [4.69, 9.17) is 11.6 Å². The molecule has 3 heteroatoms. The molecule has 2 heterocycles. The lowest BCUT2D eigenvalue weighted by Gasteiger charge is -2.14. The second-order valence-electron chi connectivity index (χ2n) is 4.87. The summed E-state index contributed by atoms with van der Waals surface area (Å²) in [7, 11) is 0. The van der Waals surface area contributed by atoms with Gasteiger partial charge in [-0.25, -0.2) is 4.98 Å². The van der Waals surface area contributed by atoms with Crippen LogP contribution in [0.2, 0.25) is 5.15 Å². The van der Waals surface area contributed by atoms with Gasteiger partial charge in [0, 0.05) is 19.6 Å². The van der Waals surface area contributed by atoms with Crippen molar-refractivity contribution in [3.05, 3.63) is 63.9 Å². The smallest absolute Gasteiger partial charge is 0.129 e. The van der Waals surface area contributed by atoms with Crippen LogP contribution < -0.4 is 0 Å². The Hall–Kier alpha value is -1.38. The molecule has 0 radical (unpaired) electrons. The van der Waals surface area contributed by atoms with Crippen molar-refractivity contribution < 1.29 is 0 Å². The Morgan fingerprint density at radius 2 is 1.83 bits per heavy atom. The summed E-state index contributed by atoms with van der Waals surface area (Å²) in [6.45, 7) is 4.92. The minimum absolute atomic E-state index is 0.585. The molecule has 0 fully saturated rings. The molecule has 2 nitrogen and oxygen atoms in total. The van der Waals surface area contributed by atoms with Crippen LogP contribution in [0.3, 0.4) is 0 Å². The van der Waals surface area contributed by atoms with Crippen LogP contribution in [-0.2, 0) is 19.6 Å². The van der Waals surface area contributed by atoms with Gasteiger partial charge in [-0.3, -0.25) is 4.90 Å². The number of halogens is 1. The van der Waals surface area contributed by atoms with Gasteiger partial charge in [0.2, 0.25) is 0 Å². The zero-order valence-corrected chi connectivity index (χ0v) is 11.1. The van der Waals surface area contributed by atoms with E-state index in [-0.39, 0.29) is 0 Å². The Balaban J connectivity index is 1.76. The van der Waals surface area contributed by atoms with Crippen LogP contribution in [0.5, 0.6) is 0 Å². The molecule has 1 aromatic carbocycles. The number of rotatable bonds is 2. The fourth-order valence-electron chi connectivity index (χ4n) is 2.52. The molecule has 0 aliphatic carbocycles. The van der Waals surface area contributed by atoms with E-state index in [1.807, 2.05) is 6.07 Å². The second kappa shape index (κ2) is 4.71. The molecule has 0 spiro atoms. The van der Waals surface area contributed by atoms with E-state index < -0.39 is 0 Å². The van der Waals surface area contributed by atoms with Gasteiger partial charge in [0.05, 0.1) is 5.69 Å². The number of aromatic nitrogens is 1. The maximum Gasteiger partial charge on any atom is 0.129 e. The number of aryl methyl sites for hydroxylation is 1. The van der Waals surface area contributed by atoms with Gasteiger partial charge in [0.25, 0.3) is 0 Å². The van der Waals surface area contributed by atoms with Gasteiger partial charge in [0.1, 0.15) is 5.15 Å². The van der Waals surface area contributed by atoms with Crippen molar-refractivity contribution in [3.63, 3.8) is 0 Å². The lowest BCUT2D eigenvalue weighted by molar-refractivity contribution is 0.272. The molecule has 1 aromatic heterocycles. The highest BCUT2D eigenvalue weighted by Crippen LogP contribution is 2.24. The minimum atomic E-state index is 0.585. The molecule has 0 amide bonds. The molecule has 92 valence electrons. The largest absolute Gasteiger partial charge is 0.289 e. The molecule has 3 rings (SSSR count). The first kappa shape index (κ1) is 11.7. The van der Waals surface area contributed by atoms with E-state index in [1.54, 1.807) is 0 Å². The molecule has 0 atom stereocenters. The molecule has 0 saturated heterocycles. The quantitative estimate of drug-likeness (QED) is 0.766. The highest BCUT2D eigenvalue weighted by atomic mass is 35.5. The summed E-state index contributed by atoms with van der Waals surface area (Å²) in [5.41, 5.74) is 5.07. The summed E-state index contributed by atoms with van der Waals surface area (Å²) in [6, 6.07) is 12.6. The Morgan fingerprint density at radius 3 is 2.44 bits per heavy atom. The van der Waals surface area contributed by atoms with Crippen molar-refractivity contribution in [1.29, 1.82) is 0 Å². The van der Waals surface area contributed by atoms with Crippen molar-refractivity contribution in [1.82, 2.24) is 9.88 Å². The lowest BCUT2D eigenvalue weighted by atomic mass is 10.1. The van der Waals surface area contributed by atoms with Crippen LogP contribution in [0.4, 0.5) is 0 Å². The molecule has 1 aliphatic heterocycles. The van der Waals surface area contributed by atoms with Gasteiger partial charge >= 0.3 is 0 Å². The monoisotopic (exact) mass is 258 g/mol. The number of benzene rings is 1. The van der Waals surface area contributed by atoms with Gasteiger partial charge < -0.3 is 0 Å². The van der Waals surface area contributed by atoms with Crippen molar-refractivity contribution in [3.8, 4) is 0 Å². The highest BCUT2D eigenvalue weighted by molar-refractivity contribution is 6.29. The van der Waals surface area contributed by atoms with Crippen molar-refractivity contribution >= 4 is 11.6 Å². The normalized spacial score (nSPS) is 14.8.